The van der Waals surface area contributed by atoms with E-state index in [-0.39, 0.29) is 16.9 Å². The number of aliphatic carboxylic acids is 1. The third kappa shape index (κ3) is 3.00. The molecule has 1 unspecified atom stereocenters. The number of esters is 1. The van der Waals surface area contributed by atoms with E-state index in [4.69, 9.17) is 14.2 Å². The molecule has 1 aromatic carbocycles. The van der Waals surface area contributed by atoms with Crippen LogP contribution in [0.3, 0.4) is 0 Å². The first-order valence-electron chi connectivity index (χ1n) is 5.59. The molecule has 1 aromatic rings. The van der Waals surface area contributed by atoms with Crippen molar-refractivity contribution < 1.29 is 33.6 Å². The summed E-state index contributed by atoms with van der Waals surface area (Å²) in [5.41, 5.74) is 0.0908. The lowest BCUT2D eigenvalue weighted by Gasteiger charge is -2.18. The van der Waals surface area contributed by atoms with Gasteiger partial charge in [-0.25, -0.2) is 9.59 Å². The molecule has 0 bridgehead atoms. The largest absolute Gasteiger partial charge is 0.497 e. The fraction of sp³-hybridized carbons (Fsp3) is 0.385. The van der Waals surface area contributed by atoms with Crippen molar-refractivity contribution in [1.82, 2.24) is 0 Å². The van der Waals surface area contributed by atoms with E-state index in [2.05, 4.69) is 4.74 Å². The number of benzene rings is 1. The molecular weight excluding hydrogens is 268 g/mol. The molecule has 0 aliphatic carbocycles. The lowest BCUT2D eigenvalue weighted by Crippen LogP contribution is -2.19. The van der Waals surface area contributed by atoms with Crippen molar-refractivity contribution in [2.75, 3.05) is 28.4 Å². The van der Waals surface area contributed by atoms with E-state index >= 15 is 0 Å². The predicted octanol–water partition coefficient (Wildman–Crippen LogP) is 1.26. The Balaban J connectivity index is 3.59. The summed E-state index contributed by atoms with van der Waals surface area (Å²) in [5, 5.41) is 9.17. The van der Waals surface area contributed by atoms with Crippen molar-refractivity contribution in [2.45, 2.75) is 6.10 Å². The average Bonchev–Trinajstić information content (AvgIpc) is 2.45. The maximum atomic E-state index is 11.9. The van der Waals surface area contributed by atoms with Gasteiger partial charge in [-0.1, -0.05) is 0 Å². The molecule has 0 amide bonds. The summed E-state index contributed by atoms with van der Waals surface area (Å²) in [4.78, 5) is 23.1. The highest BCUT2D eigenvalue weighted by Gasteiger charge is 2.29. The summed E-state index contributed by atoms with van der Waals surface area (Å²) in [5.74, 6) is -1.47. The van der Waals surface area contributed by atoms with Crippen molar-refractivity contribution in [3.8, 4) is 11.5 Å². The fourth-order valence-electron chi connectivity index (χ4n) is 1.78. The second-order valence-electron chi connectivity index (χ2n) is 3.74. The van der Waals surface area contributed by atoms with E-state index in [0.29, 0.717) is 5.75 Å². The van der Waals surface area contributed by atoms with E-state index in [0.717, 1.165) is 0 Å². The number of carboxylic acid groups (broad SMARTS) is 1. The van der Waals surface area contributed by atoms with Crippen molar-refractivity contribution in [3.05, 3.63) is 23.3 Å². The van der Waals surface area contributed by atoms with Gasteiger partial charge in [-0.3, -0.25) is 0 Å². The Bertz CT molecular complexity index is 510. The van der Waals surface area contributed by atoms with E-state index in [9.17, 15) is 14.7 Å². The molecule has 0 saturated heterocycles. The highest BCUT2D eigenvalue weighted by Crippen LogP contribution is 2.34. The molecule has 1 rings (SSSR count). The molecule has 0 spiro atoms. The zero-order valence-electron chi connectivity index (χ0n) is 11.6. The van der Waals surface area contributed by atoms with Crippen LogP contribution in [0.4, 0.5) is 0 Å². The van der Waals surface area contributed by atoms with Crippen LogP contribution in [0.1, 0.15) is 22.0 Å². The third-order valence-electron chi connectivity index (χ3n) is 2.69. The smallest absolute Gasteiger partial charge is 0.342 e. The van der Waals surface area contributed by atoms with E-state index in [1.807, 2.05) is 0 Å². The second-order valence-corrected chi connectivity index (χ2v) is 3.74. The molecule has 0 aromatic heterocycles. The first-order valence-corrected chi connectivity index (χ1v) is 5.59. The molecule has 0 aliphatic rings. The summed E-state index contributed by atoms with van der Waals surface area (Å²) in [6.07, 6.45) is -1.34. The van der Waals surface area contributed by atoms with Gasteiger partial charge in [0, 0.05) is 18.7 Å². The van der Waals surface area contributed by atoms with Gasteiger partial charge in [-0.15, -0.1) is 0 Å². The predicted molar refractivity (Wildman–Crippen MR) is 68.3 cm³/mol. The van der Waals surface area contributed by atoms with Crippen LogP contribution in [-0.4, -0.2) is 45.5 Å². The van der Waals surface area contributed by atoms with Crippen molar-refractivity contribution in [2.24, 2.45) is 0 Å². The van der Waals surface area contributed by atoms with Crippen LogP contribution in [0.25, 0.3) is 0 Å². The number of methoxy groups -OCH3 is 4. The molecule has 110 valence electrons. The van der Waals surface area contributed by atoms with E-state index < -0.39 is 18.0 Å². The van der Waals surface area contributed by atoms with Crippen molar-refractivity contribution in [3.63, 3.8) is 0 Å². The molecule has 20 heavy (non-hydrogen) atoms. The van der Waals surface area contributed by atoms with Gasteiger partial charge in [0.25, 0.3) is 0 Å². The van der Waals surface area contributed by atoms with Gasteiger partial charge in [0.15, 0.2) is 6.10 Å². The quantitative estimate of drug-likeness (QED) is 0.786. The average molecular weight is 284 g/mol. The normalized spacial score (nSPS) is 11.6. The van der Waals surface area contributed by atoms with Crippen LogP contribution >= 0.6 is 0 Å². The SMILES string of the molecule is COC(=O)c1c(OC)cc(OC)cc1C(OC)C(=O)O. The summed E-state index contributed by atoms with van der Waals surface area (Å²) < 4.78 is 19.7. The molecule has 0 radical (unpaired) electrons. The van der Waals surface area contributed by atoms with Gasteiger partial charge >= 0.3 is 11.9 Å². The van der Waals surface area contributed by atoms with Crippen LogP contribution in [0.15, 0.2) is 12.1 Å². The number of hydrogen-bond acceptors (Lipinski definition) is 6. The van der Waals surface area contributed by atoms with Gasteiger partial charge < -0.3 is 24.1 Å². The number of rotatable bonds is 6. The highest BCUT2D eigenvalue weighted by molar-refractivity contribution is 5.96. The minimum Gasteiger partial charge on any atom is -0.497 e. The molecule has 7 nitrogen and oxygen atoms in total. The maximum Gasteiger partial charge on any atom is 0.342 e. The maximum absolute atomic E-state index is 11.9. The molecule has 1 N–H and O–H groups in total. The van der Waals surface area contributed by atoms with Crippen molar-refractivity contribution in [1.29, 1.82) is 0 Å². The summed E-state index contributed by atoms with van der Waals surface area (Å²) in [6.45, 7) is 0. The van der Waals surface area contributed by atoms with Gasteiger partial charge in [0.05, 0.1) is 21.3 Å². The lowest BCUT2D eigenvalue weighted by molar-refractivity contribution is -0.148. The Morgan fingerprint density at radius 2 is 1.75 bits per heavy atom. The molecule has 0 aliphatic heterocycles. The Hall–Kier alpha value is -2.28. The highest BCUT2D eigenvalue weighted by atomic mass is 16.5. The van der Waals surface area contributed by atoms with Gasteiger partial charge in [0.2, 0.25) is 0 Å². The lowest BCUT2D eigenvalue weighted by atomic mass is 10.0. The molecule has 7 heteroatoms. The monoisotopic (exact) mass is 284 g/mol. The number of carbonyl (C=O) groups is 2. The van der Waals surface area contributed by atoms with Gasteiger partial charge in [-0.05, 0) is 6.07 Å². The first-order chi connectivity index (χ1) is 9.49. The number of carboxylic acids is 1. The zero-order chi connectivity index (χ0) is 15.3. The van der Waals surface area contributed by atoms with Crippen LogP contribution in [0.2, 0.25) is 0 Å². The summed E-state index contributed by atoms with van der Waals surface area (Å²) >= 11 is 0. The molecule has 0 heterocycles. The first kappa shape index (κ1) is 15.8. The van der Waals surface area contributed by atoms with Crippen LogP contribution in [0.5, 0.6) is 11.5 Å². The Morgan fingerprint density at radius 1 is 1.10 bits per heavy atom. The minimum absolute atomic E-state index is 0.00921. The minimum atomic E-state index is -1.34. The van der Waals surface area contributed by atoms with Crippen LogP contribution < -0.4 is 9.47 Å². The number of hydrogen-bond donors (Lipinski definition) is 1. The Labute approximate surface area is 116 Å². The zero-order valence-corrected chi connectivity index (χ0v) is 11.6. The van der Waals surface area contributed by atoms with E-state index in [1.165, 1.54) is 40.6 Å². The van der Waals surface area contributed by atoms with Crippen molar-refractivity contribution >= 4 is 11.9 Å². The Morgan fingerprint density at radius 3 is 2.15 bits per heavy atom. The summed E-state index contributed by atoms with van der Waals surface area (Å²) in [7, 11) is 5.19. The molecular formula is C13H16O7. The summed E-state index contributed by atoms with van der Waals surface area (Å²) in [6, 6.07) is 2.86. The third-order valence-corrected chi connectivity index (χ3v) is 2.69. The standard InChI is InChI=1S/C13H16O7/c1-17-7-5-8(11(19-3)12(14)15)10(13(16)20-4)9(6-7)18-2/h5-6,11H,1-4H3,(H,14,15). The second kappa shape index (κ2) is 6.76. The molecule has 0 saturated carbocycles. The Kier molecular flexibility index (Phi) is 5.33. The molecule has 0 fully saturated rings. The topological polar surface area (TPSA) is 91.3 Å². The van der Waals surface area contributed by atoms with Gasteiger partial charge in [0.1, 0.15) is 17.1 Å². The van der Waals surface area contributed by atoms with Crippen LogP contribution in [0, 0.1) is 0 Å². The van der Waals surface area contributed by atoms with E-state index in [1.54, 1.807) is 0 Å². The fourth-order valence-corrected chi connectivity index (χ4v) is 1.78. The number of ether oxygens (including phenoxy) is 4. The number of carbonyl (C=O) groups excluding carboxylic acids is 1. The molecule has 1 atom stereocenters. The van der Waals surface area contributed by atoms with Gasteiger partial charge in [-0.2, -0.15) is 0 Å². The van der Waals surface area contributed by atoms with Crippen LogP contribution in [-0.2, 0) is 14.3 Å².